The van der Waals surface area contributed by atoms with E-state index in [0.29, 0.717) is 0 Å². The minimum atomic E-state index is 0.225. The quantitative estimate of drug-likeness (QED) is 0.802. The zero-order valence-electron chi connectivity index (χ0n) is 11.3. The molecule has 1 aliphatic rings. The Morgan fingerprint density at radius 2 is 2.00 bits per heavy atom. The second-order valence-corrected chi connectivity index (χ2v) is 6.58. The molecule has 1 aromatic carbocycles. The molecule has 1 unspecified atom stereocenters. The Morgan fingerprint density at radius 3 is 2.44 bits per heavy atom. The molecule has 0 aliphatic carbocycles. The van der Waals surface area contributed by atoms with Gasteiger partial charge in [0.15, 0.2) is 0 Å². The minimum Gasteiger partial charge on any atom is -0.379 e. The average molecular weight is 265 g/mol. The standard InChI is InChI=1S/C15H23NOS/c1-3-18-14-6-4-13(5-7-14)15(10-17-11-15)9-8-12(2)16/h4-7,12H,3,8-11,16H2,1-2H3. The molecule has 0 saturated carbocycles. The molecule has 0 bridgehead atoms. The van der Waals surface area contributed by atoms with Crippen molar-refractivity contribution >= 4 is 11.8 Å². The summed E-state index contributed by atoms with van der Waals surface area (Å²) in [5.74, 6) is 1.12. The Morgan fingerprint density at radius 1 is 1.33 bits per heavy atom. The van der Waals surface area contributed by atoms with Gasteiger partial charge in [0.1, 0.15) is 0 Å². The molecule has 1 saturated heterocycles. The van der Waals surface area contributed by atoms with Crippen LogP contribution in [0.2, 0.25) is 0 Å². The van der Waals surface area contributed by atoms with Crippen molar-refractivity contribution in [3.05, 3.63) is 29.8 Å². The van der Waals surface area contributed by atoms with Gasteiger partial charge in [-0.05, 0) is 43.2 Å². The molecule has 1 atom stereocenters. The highest BCUT2D eigenvalue weighted by molar-refractivity contribution is 7.99. The zero-order chi connectivity index (χ0) is 13.0. The van der Waals surface area contributed by atoms with Crippen molar-refractivity contribution < 1.29 is 4.74 Å². The first kappa shape index (κ1) is 13.9. The molecule has 0 aromatic heterocycles. The Kier molecular flexibility index (Phi) is 4.71. The van der Waals surface area contributed by atoms with Crippen molar-refractivity contribution in [3.63, 3.8) is 0 Å². The summed E-state index contributed by atoms with van der Waals surface area (Å²) in [6, 6.07) is 9.27. The maximum atomic E-state index is 5.88. The number of hydrogen-bond acceptors (Lipinski definition) is 3. The molecule has 2 N–H and O–H groups in total. The Labute approximate surface area is 114 Å². The third-order valence-corrected chi connectivity index (χ3v) is 4.51. The molecule has 18 heavy (non-hydrogen) atoms. The number of benzene rings is 1. The van der Waals surface area contributed by atoms with Crippen LogP contribution in [0.5, 0.6) is 0 Å². The van der Waals surface area contributed by atoms with Crippen molar-refractivity contribution in [1.29, 1.82) is 0 Å². The molecule has 0 radical (unpaired) electrons. The van der Waals surface area contributed by atoms with Crippen LogP contribution in [-0.4, -0.2) is 25.0 Å². The predicted octanol–water partition coefficient (Wildman–Crippen LogP) is 3.19. The lowest BCUT2D eigenvalue weighted by molar-refractivity contribution is -0.0657. The van der Waals surface area contributed by atoms with Crippen molar-refractivity contribution in [2.24, 2.45) is 5.73 Å². The summed E-state index contributed by atoms with van der Waals surface area (Å²) >= 11 is 1.89. The van der Waals surface area contributed by atoms with E-state index in [1.165, 1.54) is 10.5 Å². The highest BCUT2D eigenvalue weighted by Gasteiger charge is 2.39. The molecule has 1 aromatic rings. The van der Waals surface area contributed by atoms with Crippen LogP contribution in [0, 0.1) is 0 Å². The van der Waals surface area contributed by atoms with E-state index >= 15 is 0 Å². The molecule has 1 fully saturated rings. The van der Waals surface area contributed by atoms with Gasteiger partial charge in [0.2, 0.25) is 0 Å². The summed E-state index contributed by atoms with van der Waals surface area (Å²) in [5, 5.41) is 0. The number of thioether (sulfide) groups is 1. The van der Waals surface area contributed by atoms with Gasteiger partial charge in [0.25, 0.3) is 0 Å². The van der Waals surface area contributed by atoms with E-state index in [-0.39, 0.29) is 11.5 Å². The normalized spacial score (nSPS) is 19.3. The van der Waals surface area contributed by atoms with Crippen molar-refractivity contribution in [2.45, 2.75) is 43.0 Å². The molecule has 3 heteroatoms. The zero-order valence-corrected chi connectivity index (χ0v) is 12.1. The summed E-state index contributed by atoms with van der Waals surface area (Å²) in [7, 11) is 0. The molecule has 1 aliphatic heterocycles. The second-order valence-electron chi connectivity index (χ2n) is 5.25. The largest absolute Gasteiger partial charge is 0.379 e. The van der Waals surface area contributed by atoms with Gasteiger partial charge in [-0.15, -0.1) is 11.8 Å². The van der Waals surface area contributed by atoms with Crippen molar-refractivity contribution in [1.82, 2.24) is 0 Å². The minimum absolute atomic E-state index is 0.225. The lowest BCUT2D eigenvalue weighted by atomic mass is 9.74. The molecule has 0 amide bonds. The lowest BCUT2D eigenvalue weighted by Gasteiger charge is -2.42. The first-order valence-electron chi connectivity index (χ1n) is 6.73. The van der Waals surface area contributed by atoms with Crippen LogP contribution < -0.4 is 5.73 Å². The fraction of sp³-hybridized carbons (Fsp3) is 0.600. The van der Waals surface area contributed by atoms with Crippen molar-refractivity contribution in [3.8, 4) is 0 Å². The van der Waals surface area contributed by atoms with Crippen LogP contribution in [0.25, 0.3) is 0 Å². The topological polar surface area (TPSA) is 35.2 Å². The Hall–Kier alpha value is -0.510. The van der Waals surface area contributed by atoms with E-state index in [1.54, 1.807) is 0 Å². The second kappa shape index (κ2) is 6.09. The van der Waals surface area contributed by atoms with E-state index in [9.17, 15) is 0 Å². The first-order valence-corrected chi connectivity index (χ1v) is 7.71. The maximum Gasteiger partial charge on any atom is 0.0585 e. The third-order valence-electron chi connectivity index (χ3n) is 3.61. The van der Waals surface area contributed by atoms with Gasteiger partial charge in [-0.25, -0.2) is 0 Å². The van der Waals surface area contributed by atoms with Crippen LogP contribution in [0.4, 0.5) is 0 Å². The average Bonchev–Trinajstić information content (AvgIpc) is 2.30. The monoisotopic (exact) mass is 265 g/mol. The summed E-state index contributed by atoms with van der Waals surface area (Å²) in [4.78, 5) is 1.35. The fourth-order valence-corrected chi connectivity index (χ4v) is 3.04. The number of rotatable bonds is 6. The van der Waals surface area contributed by atoms with Gasteiger partial charge in [-0.1, -0.05) is 19.1 Å². The van der Waals surface area contributed by atoms with Gasteiger partial charge >= 0.3 is 0 Å². The smallest absolute Gasteiger partial charge is 0.0585 e. The van der Waals surface area contributed by atoms with E-state index in [4.69, 9.17) is 10.5 Å². The highest BCUT2D eigenvalue weighted by Crippen LogP contribution is 2.37. The van der Waals surface area contributed by atoms with Gasteiger partial charge in [-0.3, -0.25) is 0 Å². The van der Waals surface area contributed by atoms with E-state index in [2.05, 4.69) is 38.1 Å². The molecular formula is C15H23NOS. The molecule has 2 nitrogen and oxygen atoms in total. The summed E-state index contributed by atoms with van der Waals surface area (Å²) in [6.07, 6.45) is 2.19. The first-order chi connectivity index (χ1) is 8.66. The van der Waals surface area contributed by atoms with E-state index in [0.717, 1.165) is 31.8 Å². The lowest BCUT2D eigenvalue weighted by Crippen LogP contribution is -2.47. The summed E-state index contributed by atoms with van der Waals surface area (Å²) in [6.45, 7) is 5.96. The Bertz CT molecular complexity index is 371. The fourth-order valence-electron chi connectivity index (χ4n) is 2.38. The van der Waals surface area contributed by atoms with Gasteiger partial charge in [0, 0.05) is 16.4 Å². The van der Waals surface area contributed by atoms with Gasteiger partial charge in [-0.2, -0.15) is 0 Å². The maximum absolute atomic E-state index is 5.88. The number of nitrogens with two attached hydrogens (primary N) is 1. The van der Waals surface area contributed by atoms with Crippen LogP contribution in [-0.2, 0) is 10.2 Å². The predicted molar refractivity (Wildman–Crippen MR) is 78.2 cm³/mol. The molecule has 100 valence electrons. The van der Waals surface area contributed by atoms with Gasteiger partial charge in [0.05, 0.1) is 13.2 Å². The summed E-state index contributed by atoms with van der Waals surface area (Å²) in [5.41, 5.74) is 7.51. The molecule has 0 spiro atoms. The molecule has 1 heterocycles. The highest BCUT2D eigenvalue weighted by atomic mass is 32.2. The Balaban J connectivity index is 2.07. The SMILES string of the molecule is CCSc1ccc(C2(CCC(C)N)COC2)cc1. The van der Waals surface area contributed by atoms with Crippen LogP contribution in [0.15, 0.2) is 29.2 Å². The van der Waals surface area contributed by atoms with E-state index in [1.807, 2.05) is 11.8 Å². The number of hydrogen-bond donors (Lipinski definition) is 1. The summed E-state index contributed by atoms with van der Waals surface area (Å²) < 4.78 is 5.46. The third kappa shape index (κ3) is 3.08. The van der Waals surface area contributed by atoms with E-state index < -0.39 is 0 Å². The van der Waals surface area contributed by atoms with Crippen LogP contribution >= 0.6 is 11.8 Å². The van der Waals surface area contributed by atoms with Crippen LogP contribution in [0.1, 0.15) is 32.3 Å². The number of ether oxygens (including phenoxy) is 1. The molecule has 2 rings (SSSR count). The van der Waals surface area contributed by atoms with Crippen molar-refractivity contribution in [2.75, 3.05) is 19.0 Å². The van der Waals surface area contributed by atoms with Gasteiger partial charge < -0.3 is 10.5 Å². The van der Waals surface area contributed by atoms with Crippen LogP contribution in [0.3, 0.4) is 0 Å². The molecular weight excluding hydrogens is 242 g/mol.